The third-order valence-corrected chi connectivity index (χ3v) is 7.11. The molecule has 0 fully saturated rings. The summed E-state index contributed by atoms with van der Waals surface area (Å²) >= 11 is 0. The summed E-state index contributed by atoms with van der Waals surface area (Å²) < 4.78 is 75.6. The van der Waals surface area contributed by atoms with Crippen LogP contribution in [0.4, 0.5) is 13.2 Å². The van der Waals surface area contributed by atoms with Gasteiger partial charge in [0.15, 0.2) is 9.84 Å². The Morgan fingerprint density at radius 3 is 2.41 bits per heavy atom. The molecule has 0 aliphatic heterocycles. The van der Waals surface area contributed by atoms with E-state index in [-0.39, 0.29) is 24.0 Å². The lowest BCUT2D eigenvalue weighted by Crippen LogP contribution is -2.13. The number of benzene rings is 2. The van der Waals surface area contributed by atoms with Gasteiger partial charge in [-0.2, -0.15) is 18.3 Å². The highest BCUT2D eigenvalue weighted by molar-refractivity contribution is 7.90. The summed E-state index contributed by atoms with van der Waals surface area (Å²) in [4.78, 5) is 4.27. The van der Waals surface area contributed by atoms with E-state index in [1.165, 1.54) is 18.4 Å². The number of nitrogens with zero attached hydrogens (tertiary/aromatic N) is 3. The monoisotopic (exact) mass is 531 g/mol. The van der Waals surface area contributed by atoms with E-state index in [0.717, 1.165) is 17.8 Å². The summed E-state index contributed by atoms with van der Waals surface area (Å²) in [6.07, 6.45) is 2.24. The third kappa shape index (κ3) is 7.56. The first-order chi connectivity index (χ1) is 17.6. The fourth-order valence-corrected chi connectivity index (χ4v) is 4.85. The Morgan fingerprint density at radius 1 is 1.03 bits per heavy atom. The minimum atomic E-state index is -4.38. The summed E-state index contributed by atoms with van der Waals surface area (Å²) in [5.74, 6) is 0.793. The van der Waals surface area contributed by atoms with Crippen LogP contribution in [0.3, 0.4) is 0 Å². The first kappa shape index (κ1) is 26.2. The molecule has 0 amide bonds. The first-order valence-electron chi connectivity index (χ1n) is 11.3. The highest BCUT2D eigenvalue weighted by Gasteiger charge is 2.29. The second-order valence-corrected chi connectivity index (χ2v) is 10.5. The van der Waals surface area contributed by atoms with Crippen LogP contribution < -0.4 is 4.74 Å². The average Bonchev–Trinajstić information content (AvgIpc) is 3.49. The molecule has 4 aromatic rings. The maximum atomic E-state index is 12.7. The molecule has 194 valence electrons. The molecule has 4 rings (SSSR count). The van der Waals surface area contributed by atoms with Gasteiger partial charge in [-0.3, -0.25) is 4.68 Å². The van der Waals surface area contributed by atoms with E-state index in [1.807, 2.05) is 0 Å². The van der Waals surface area contributed by atoms with Gasteiger partial charge in [0.1, 0.15) is 24.3 Å². The van der Waals surface area contributed by atoms with Crippen LogP contribution in [0.25, 0.3) is 12.2 Å². The van der Waals surface area contributed by atoms with Gasteiger partial charge >= 0.3 is 6.18 Å². The van der Waals surface area contributed by atoms with E-state index in [4.69, 9.17) is 9.15 Å². The topological polar surface area (TPSA) is 87.2 Å². The van der Waals surface area contributed by atoms with Crippen LogP contribution >= 0.6 is 0 Å². The fraction of sp³-hybridized carbons (Fsp3) is 0.231. The highest BCUT2D eigenvalue weighted by atomic mass is 32.2. The summed E-state index contributed by atoms with van der Waals surface area (Å²) in [6, 6.07) is 13.3. The molecule has 0 spiro atoms. The Labute approximate surface area is 212 Å². The number of hydrogen-bond acceptors (Lipinski definition) is 6. The number of halogens is 3. The van der Waals surface area contributed by atoms with Gasteiger partial charge in [-0.15, -0.1) is 0 Å². The molecular formula is C26H24F3N3O4S. The van der Waals surface area contributed by atoms with Crippen molar-refractivity contribution in [2.75, 3.05) is 5.75 Å². The number of rotatable bonds is 10. The standard InChI is InChI=1S/C26H24F3N3O4S/c1-32-23(12-14-30-32)13-15-37(33,34)18-20-4-9-24(10-5-20)35-16-22-17-36-25(31-22)11-6-19-2-7-21(8-3-19)26(27,28)29/h2-12,14,17H,13,15-16,18H2,1H3. The largest absolute Gasteiger partial charge is 0.487 e. The molecule has 0 unspecified atom stereocenters. The number of aryl methyl sites for hydroxylation is 2. The smallest absolute Gasteiger partial charge is 0.416 e. The maximum Gasteiger partial charge on any atom is 0.416 e. The summed E-state index contributed by atoms with van der Waals surface area (Å²) in [7, 11) is -1.51. The molecule has 11 heteroatoms. The molecule has 0 radical (unpaired) electrons. The van der Waals surface area contributed by atoms with Crippen molar-refractivity contribution in [2.45, 2.75) is 25.0 Å². The second kappa shape index (κ2) is 11.0. The minimum absolute atomic E-state index is 0.0343. The van der Waals surface area contributed by atoms with E-state index in [0.29, 0.717) is 29.0 Å². The van der Waals surface area contributed by atoms with Gasteiger partial charge in [0.2, 0.25) is 5.89 Å². The first-order valence-corrected chi connectivity index (χ1v) is 13.1. The van der Waals surface area contributed by atoms with E-state index < -0.39 is 21.6 Å². The van der Waals surface area contributed by atoms with Crippen LogP contribution in [0.15, 0.2) is 71.5 Å². The number of ether oxygens (including phenoxy) is 1. The fourth-order valence-electron chi connectivity index (χ4n) is 3.49. The van der Waals surface area contributed by atoms with Gasteiger partial charge in [0.25, 0.3) is 0 Å². The lowest BCUT2D eigenvalue weighted by molar-refractivity contribution is -0.137. The number of hydrogen-bond donors (Lipinski definition) is 0. The zero-order valence-electron chi connectivity index (χ0n) is 19.9. The molecule has 7 nitrogen and oxygen atoms in total. The van der Waals surface area contributed by atoms with Crippen LogP contribution in [0.1, 0.15) is 34.0 Å². The molecular weight excluding hydrogens is 507 g/mol. The Hall–Kier alpha value is -3.86. The zero-order valence-corrected chi connectivity index (χ0v) is 20.7. The lowest BCUT2D eigenvalue weighted by atomic mass is 10.1. The number of oxazole rings is 1. The molecule has 2 aromatic heterocycles. The molecule has 2 heterocycles. The zero-order chi connectivity index (χ0) is 26.5. The van der Waals surface area contributed by atoms with Crippen molar-refractivity contribution in [3.63, 3.8) is 0 Å². The van der Waals surface area contributed by atoms with Crippen molar-refractivity contribution in [3.8, 4) is 5.75 Å². The van der Waals surface area contributed by atoms with Gasteiger partial charge in [-0.25, -0.2) is 13.4 Å². The van der Waals surface area contributed by atoms with Gasteiger partial charge in [0.05, 0.1) is 17.1 Å². The molecule has 0 saturated heterocycles. The predicted molar refractivity (Wildman–Crippen MR) is 132 cm³/mol. The number of aromatic nitrogens is 3. The van der Waals surface area contributed by atoms with Crippen LogP contribution in [0.5, 0.6) is 5.75 Å². The van der Waals surface area contributed by atoms with Crippen molar-refractivity contribution in [1.29, 1.82) is 0 Å². The van der Waals surface area contributed by atoms with Crippen molar-refractivity contribution in [3.05, 3.63) is 101 Å². The van der Waals surface area contributed by atoms with E-state index in [1.54, 1.807) is 60.4 Å². The Balaban J connectivity index is 1.26. The van der Waals surface area contributed by atoms with Crippen LogP contribution in [0.2, 0.25) is 0 Å². The van der Waals surface area contributed by atoms with Gasteiger partial charge in [-0.05, 0) is 47.5 Å². The molecule has 0 N–H and O–H groups in total. The molecule has 0 atom stereocenters. The molecule has 0 aliphatic rings. The summed E-state index contributed by atoms with van der Waals surface area (Å²) in [6.45, 7) is 0.125. The molecule has 2 aromatic carbocycles. The van der Waals surface area contributed by atoms with Crippen molar-refractivity contribution in [1.82, 2.24) is 14.8 Å². The SMILES string of the molecule is Cn1nccc1CCS(=O)(=O)Cc1ccc(OCc2coc(C=Cc3ccc(C(F)(F)F)cc3)n2)cc1. The van der Waals surface area contributed by atoms with Crippen LogP contribution in [-0.4, -0.2) is 28.9 Å². The molecule has 37 heavy (non-hydrogen) atoms. The quantitative estimate of drug-likeness (QED) is 0.275. The second-order valence-electron chi connectivity index (χ2n) is 8.35. The molecule has 0 bridgehead atoms. The van der Waals surface area contributed by atoms with E-state index in [9.17, 15) is 21.6 Å². The van der Waals surface area contributed by atoms with Crippen molar-refractivity contribution < 1.29 is 30.7 Å². The van der Waals surface area contributed by atoms with Gasteiger partial charge in [-0.1, -0.05) is 24.3 Å². The summed E-state index contributed by atoms with van der Waals surface area (Å²) in [5.41, 5.74) is 1.90. The third-order valence-electron chi connectivity index (χ3n) is 5.51. The molecule has 0 aliphatic carbocycles. The molecule has 0 saturated carbocycles. The Kier molecular flexibility index (Phi) is 7.82. The van der Waals surface area contributed by atoms with Crippen LogP contribution in [-0.2, 0) is 41.8 Å². The van der Waals surface area contributed by atoms with Gasteiger partial charge < -0.3 is 9.15 Å². The maximum absolute atomic E-state index is 12.7. The lowest BCUT2D eigenvalue weighted by Gasteiger charge is -2.07. The summed E-state index contributed by atoms with van der Waals surface area (Å²) in [5, 5.41) is 4.05. The Bertz CT molecular complexity index is 1460. The normalized spacial score (nSPS) is 12.3. The van der Waals surface area contributed by atoms with Gasteiger partial charge in [0, 0.05) is 31.4 Å². The number of alkyl halides is 3. The average molecular weight is 532 g/mol. The predicted octanol–water partition coefficient (Wildman–Crippen LogP) is 5.33. The Morgan fingerprint density at radius 2 is 1.76 bits per heavy atom. The van der Waals surface area contributed by atoms with Crippen molar-refractivity contribution >= 4 is 22.0 Å². The number of sulfone groups is 1. The van der Waals surface area contributed by atoms with E-state index in [2.05, 4.69) is 10.1 Å². The van der Waals surface area contributed by atoms with Crippen molar-refractivity contribution in [2.24, 2.45) is 7.05 Å². The minimum Gasteiger partial charge on any atom is -0.487 e. The van der Waals surface area contributed by atoms with Crippen LogP contribution in [0, 0.1) is 0 Å². The highest BCUT2D eigenvalue weighted by Crippen LogP contribution is 2.29. The van der Waals surface area contributed by atoms with E-state index >= 15 is 0 Å².